The third-order valence-electron chi connectivity index (χ3n) is 2.58. The highest BCUT2D eigenvalue weighted by atomic mass is 35.5. The van der Waals surface area contributed by atoms with E-state index in [4.69, 9.17) is 46.4 Å². The Kier molecular flexibility index (Phi) is 5.59. The minimum atomic E-state index is -0.259. The summed E-state index contributed by atoms with van der Waals surface area (Å²) in [7, 11) is 0. The van der Waals surface area contributed by atoms with Crippen molar-refractivity contribution in [1.29, 1.82) is 0 Å². The van der Waals surface area contributed by atoms with Crippen LogP contribution in [-0.4, -0.2) is 12.5 Å². The van der Waals surface area contributed by atoms with Gasteiger partial charge in [-0.15, -0.1) is 0 Å². The molecule has 0 saturated carbocycles. The van der Waals surface area contributed by atoms with Crippen molar-refractivity contribution < 1.29 is 4.79 Å². The zero-order valence-electron chi connectivity index (χ0n) is 10.6. The van der Waals surface area contributed by atoms with Crippen LogP contribution in [0.4, 0.5) is 11.4 Å². The Balaban J connectivity index is 1.96. The number of hydrogen-bond acceptors (Lipinski definition) is 2. The lowest BCUT2D eigenvalue weighted by Crippen LogP contribution is -2.21. The summed E-state index contributed by atoms with van der Waals surface area (Å²) < 4.78 is 0. The molecular weight excluding hydrogens is 354 g/mol. The van der Waals surface area contributed by atoms with Gasteiger partial charge in [-0.05, 0) is 36.4 Å². The highest BCUT2D eigenvalue weighted by molar-refractivity contribution is 6.44. The highest BCUT2D eigenvalue weighted by Gasteiger charge is 2.09. The number of rotatable bonds is 4. The van der Waals surface area contributed by atoms with Crippen molar-refractivity contribution in [2.75, 3.05) is 17.2 Å². The molecule has 0 aliphatic heterocycles. The summed E-state index contributed by atoms with van der Waals surface area (Å²) in [5.74, 6) is -0.259. The molecule has 21 heavy (non-hydrogen) atoms. The van der Waals surface area contributed by atoms with E-state index in [2.05, 4.69) is 10.6 Å². The molecule has 0 atom stereocenters. The Morgan fingerprint density at radius 2 is 1.52 bits per heavy atom. The molecule has 0 aromatic heterocycles. The molecule has 0 unspecified atom stereocenters. The Labute approximate surface area is 142 Å². The van der Waals surface area contributed by atoms with Crippen LogP contribution < -0.4 is 10.6 Å². The maximum atomic E-state index is 11.9. The zero-order valence-corrected chi connectivity index (χ0v) is 13.6. The summed E-state index contributed by atoms with van der Waals surface area (Å²) >= 11 is 23.5. The molecule has 0 saturated heterocycles. The minimum Gasteiger partial charge on any atom is -0.376 e. The van der Waals surface area contributed by atoms with Crippen LogP contribution in [0, 0.1) is 0 Å². The van der Waals surface area contributed by atoms with Crippen LogP contribution in [0.5, 0.6) is 0 Å². The number of carbonyl (C=O) groups excluding carboxylic acids is 1. The van der Waals surface area contributed by atoms with E-state index in [1.165, 1.54) is 12.1 Å². The van der Waals surface area contributed by atoms with Crippen LogP contribution in [0.15, 0.2) is 36.4 Å². The summed E-state index contributed by atoms with van der Waals surface area (Å²) in [5, 5.41) is 7.23. The molecule has 110 valence electrons. The molecule has 0 fully saturated rings. The second-order valence-electron chi connectivity index (χ2n) is 4.15. The maximum absolute atomic E-state index is 11.9. The van der Waals surface area contributed by atoms with Gasteiger partial charge >= 0.3 is 0 Å². The van der Waals surface area contributed by atoms with Crippen molar-refractivity contribution >= 4 is 63.7 Å². The molecule has 0 spiro atoms. The van der Waals surface area contributed by atoms with Crippen molar-refractivity contribution in [1.82, 2.24) is 0 Å². The number of carbonyl (C=O) groups is 1. The third kappa shape index (κ3) is 4.68. The molecule has 2 aromatic carbocycles. The fourth-order valence-corrected chi connectivity index (χ4v) is 2.28. The van der Waals surface area contributed by atoms with Crippen LogP contribution in [0.1, 0.15) is 0 Å². The summed E-state index contributed by atoms with van der Waals surface area (Å²) in [6.07, 6.45) is 0. The lowest BCUT2D eigenvalue weighted by Gasteiger charge is -2.10. The predicted molar refractivity (Wildman–Crippen MR) is 90.0 cm³/mol. The van der Waals surface area contributed by atoms with E-state index in [1.54, 1.807) is 24.3 Å². The van der Waals surface area contributed by atoms with Gasteiger partial charge in [0, 0.05) is 10.7 Å². The summed E-state index contributed by atoms with van der Waals surface area (Å²) in [6, 6.07) is 10.0. The molecule has 0 aliphatic rings. The Morgan fingerprint density at radius 1 is 0.905 bits per heavy atom. The number of amides is 1. The second kappa shape index (κ2) is 7.23. The number of benzene rings is 2. The van der Waals surface area contributed by atoms with Crippen molar-refractivity contribution in [2.45, 2.75) is 0 Å². The quantitative estimate of drug-likeness (QED) is 0.718. The molecule has 2 rings (SSSR count). The number of halogens is 4. The minimum absolute atomic E-state index is 0.0816. The van der Waals surface area contributed by atoms with Crippen LogP contribution >= 0.6 is 46.4 Å². The van der Waals surface area contributed by atoms with E-state index in [9.17, 15) is 4.79 Å². The molecule has 0 bridgehead atoms. The standard InChI is InChI=1S/C14H10Cl4N2O/c15-8-1-3-9(4-2-8)19-7-14(21)20-13-6-11(17)10(16)5-12(13)18/h1-6,19H,7H2,(H,20,21). The molecule has 0 aliphatic carbocycles. The van der Waals surface area contributed by atoms with Gasteiger partial charge in [0.2, 0.25) is 5.91 Å². The first kappa shape index (κ1) is 16.2. The van der Waals surface area contributed by atoms with Crippen molar-refractivity contribution in [3.05, 3.63) is 56.5 Å². The van der Waals surface area contributed by atoms with Crippen LogP contribution in [-0.2, 0) is 4.79 Å². The van der Waals surface area contributed by atoms with Gasteiger partial charge in [-0.25, -0.2) is 0 Å². The molecule has 2 aromatic rings. The first-order valence-electron chi connectivity index (χ1n) is 5.89. The smallest absolute Gasteiger partial charge is 0.243 e. The van der Waals surface area contributed by atoms with Gasteiger partial charge in [0.15, 0.2) is 0 Å². The van der Waals surface area contributed by atoms with Crippen LogP contribution in [0.2, 0.25) is 20.1 Å². The number of nitrogens with one attached hydrogen (secondary N) is 2. The van der Waals surface area contributed by atoms with Gasteiger partial charge in [0.25, 0.3) is 0 Å². The lowest BCUT2D eigenvalue weighted by atomic mass is 10.3. The van der Waals surface area contributed by atoms with Crippen molar-refractivity contribution in [2.24, 2.45) is 0 Å². The SMILES string of the molecule is O=C(CNc1ccc(Cl)cc1)Nc1cc(Cl)c(Cl)cc1Cl. The van der Waals surface area contributed by atoms with Gasteiger partial charge in [-0.1, -0.05) is 46.4 Å². The van der Waals surface area contributed by atoms with E-state index >= 15 is 0 Å². The molecule has 2 N–H and O–H groups in total. The molecular formula is C14H10Cl4N2O. The average molecular weight is 364 g/mol. The lowest BCUT2D eigenvalue weighted by molar-refractivity contribution is -0.114. The Morgan fingerprint density at radius 3 is 2.19 bits per heavy atom. The van der Waals surface area contributed by atoms with Gasteiger partial charge < -0.3 is 10.6 Å². The first-order valence-corrected chi connectivity index (χ1v) is 7.41. The third-order valence-corrected chi connectivity index (χ3v) is 3.87. The van der Waals surface area contributed by atoms with E-state index in [0.29, 0.717) is 25.8 Å². The second-order valence-corrected chi connectivity index (χ2v) is 5.81. The average Bonchev–Trinajstić information content (AvgIpc) is 2.44. The topological polar surface area (TPSA) is 41.1 Å². The molecule has 0 heterocycles. The number of hydrogen-bond donors (Lipinski definition) is 2. The Bertz CT molecular complexity index is 659. The molecule has 1 amide bonds. The van der Waals surface area contributed by atoms with Crippen LogP contribution in [0.3, 0.4) is 0 Å². The van der Waals surface area contributed by atoms with E-state index in [-0.39, 0.29) is 12.5 Å². The van der Waals surface area contributed by atoms with Crippen LogP contribution in [0.25, 0.3) is 0 Å². The van der Waals surface area contributed by atoms with E-state index in [0.717, 1.165) is 5.69 Å². The monoisotopic (exact) mass is 362 g/mol. The maximum Gasteiger partial charge on any atom is 0.243 e. The summed E-state index contributed by atoms with van der Waals surface area (Å²) in [6.45, 7) is 0.0816. The van der Waals surface area contributed by atoms with E-state index < -0.39 is 0 Å². The summed E-state index contributed by atoms with van der Waals surface area (Å²) in [5.41, 5.74) is 1.20. The van der Waals surface area contributed by atoms with Crippen molar-refractivity contribution in [3.8, 4) is 0 Å². The first-order chi connectivity index (χ1) is 9.95. The number of anilines is 2. The predicted octanol–water partition coefficient (Wildman–Crippen LogP) is 5.35. The summed E-state index contributed by atoms with van der Waals surface area (Å²) in [4.78, 5) is 11.9. The highest BCUT2D eigenvalue weighted by Crippen LogP contribution is 2.32. The molecule has 3 nitrogen and oxygen atoms in total. The van der Waals surface area contributed by atoms with Gasteiger partial charge in [-0.2, -0.15) is 0 Å². The van der Waals surface area contributed by atoms with Gasteiger partial charge in [0.05, 0.1) is 27.3 Å². The normalized spacial score (nSPS) is 10.3. The molecule has 7 heteroatoms. The van der Waals surface area contributed by atoms with Gasteiger partial charge in [0.1, 0.15) is 0 Å². The Hall–Kier alpha value is -1.13. The molecule has 0 radical (unpaired) electrons. The zero-order chi connectivity index (χ0) is 15.4. The van der Waals surface area contributed by atoms with Crippen molar-refractivity contribution in [3.63, 3.8) is 0 Å². The van der Waals surface area contributed by atoms with Gasteiger partial charge in [-0.3, -0.25) is 4.79 Å². The fourth-order valence-electron chi connectivity index (χ4n) is 1.56. The largest absolute Gasteiger partial charge is 0.376 e. The van der Waals surface area contributed by atoms with E-state index in [1.807, 2.05) is 0 Å². The fraction of sp³-hybridized carbons (Fsp3) is 0.0714.